The first-order valence-electron chi connectivity index (χ1n) is 11.5. The molecule has 6 nitrogen and oxygen atoms in total. The van der Waals surface area contributed by atoms with Crippen LogP contribution in [0.5, 0.6) is 5.75 Å². The lowest BCUT2D eigenvalue weighted by Crippen LogP contribution is -2.45. The molecule has 0 aliphatic heterocycles. The van der Waals surface area contributed by atoms with Crippen molar-refractivity contribution in [2.45, 2.75) is 65.3 Å². The zero-order valence-electron chi connectivity index (χ0n) is 19.7. The predicted molar refractivity (Wildman–Crippen MR) is 126 cm³/mol. The minimum atomic E-state index is -2.50. The number of benzene rings is 1. The highest BCUT2D eigenvalue weighted by Crippen LogP contribution is 2.20. The third kappa shape index (κ3) is 12.1. The van der Waals surface area contributed by atoms with Gasteiger partial charge >= 0.3 is 14.8 Å². The molecule has 176 valence electrons. The van der Waals surface area contributed by atoms with Crippen LogP contribution in [0.1, 0.15) is 64.9 Å². The van der Waals surface area contributed by atoms with Crippen LogP contribution >= 0.6 is 0 Å². The maximum absolute atomic E-state index is 11.8. The molecule has 0 spiro atoms. The normalized spacial score (nSPS) is 11.7. The van der Waals surface area contributed by atoms with Crippen molar-refractivity contribution in [1.82, 2.24) is 0 Å². The van der Waals surface area contributed by atoms with Gasteiger partial charge in [0.05, 0.1) is 13.7 Å². The predicted octanol–water partition coefficient (Wildman–Crippen LogP) is 5.64. The second-order valence-corrected chi connectivity index (χ2v) is 9.86. The van der Waals surface area contributed by atoms with Gasteiger partial charge in [-0.2, -0.15) is 0 Å². The van der Waals surface area contributed by atoms with Gasteiger partial charge in [0.25, 0.3) is 0 Å². The van der Waals surface area contributed by atoms with E-state index in [9.17, 15) is 4.79 Å². The molecule has 0 aromatic heterocycles. The van der Waals surface area contributed by atoms with Crippen LogP contribution in [0.25, 0.3) is 6.08 Å². The maximum Gasteiger partial charge on any atom is 0.500 e. The molecule has 0 fully saturated rings. The Morgan fingerprint density at radius 2 is 1.52 bits per heavy atom. The molecule has 1 aromatic rings. The second kappa shape index (κ2) is 16.9. The number of esters is 1. The average Bonchev–Trinajstić information content (AvgIpc) is 2.77. The van der Waals surface area contributed by atoms with Crippen LogP contribution in [0.15, 0.2) is 30.3 Å². The zero-order chi connectivity index (χ0) is 22.8. The Morgan fingerprint density at radius 1 is 0.903 bits per heavy atom. The Bertz CT molecular complexity index is 617. The third-order valence-electron chi connectivity index (χ3n) is 4.72. The van der Waals surface area contributed by atoms with Crippen molar-refractivity contribution in [3.05, 3.63) is 35.9 Å². The summed E-state index contributed by atoms with van der Waals surface area (Å²) >= 11 is 0. The lowest BCUT2D eigenvalue weighted by atomic mass is 10.1. The molecular formula is C24H40O6Si. The number of hydrogen-bond acceptors (Lipinski definition) is 6. The van der Waals surface area contributed by atoms with E-state index in [-0.39, 0.29) is 5.97 Å². The van der Waals surface area contributed by atoms with Gasteiger partial charge < -0.3 is 22.8 Å². The van der Waals surface area contributed by atoms with Crippen molar-refractivity contribution in [3.63, 3.8) is 0 Å². The van der Waals surface area contributed by atoms with Gasteiger partial charge in [0.1, 0.15) is 5.75 Å². The van der Waals surface area contributed by atoms with Crippen molar-refractivity contribution in [2.24, 2.45) is 0 Å². The van der Waals surface area contributed by atoms with Gasteiger partial charge in [0.2, 0.25) is 0 Å². The molecule has 0 radical (unpaired) electrons. The highest BCUT2D eigenvalue weighted by molar-refractivity contribution is 6.60. The molecule has 0 bridgehead atoms. The summed E-state index contributed by atoms with van der Waals surface area (Å²) in [4.78, 5) is 11.8. The average molecular weight is 453 g/mol. The summed E-state index contributed by atoms with van der Waals surface area (Å²) in [7, 11) is -0.879. The van der Waals surface area contributed by atoms with Crippen molar-refractivity contribution >= 4 is 20.8 Å². The second-order valence-electron chi connectivity index (χ2n) is 7.13. The number of carbonyl (C=O) groups is 1. The fourth-order valence-electron chi connectivity index (χ4n) is 3.28. The topological polar surface area (TPSA) is 63.2 Å². The van der Waals surface area contributed by atoms with Gasteiger partial charge in [-0.15, -0.1) is 0 Å². The minimum absolute atomic E-state index is 0.313. The summed E-state index contributed by atoms with van der Waals surface area (Å²) in [5.74, 6) is 0.448. The first kappa shape index (κ1) is 27.4. The van der Waals surface area contributed by atoms with Gasteiger partial charge in [-0.1, -0.05) is 37.8 Å². The smallest absolute Gasteiger partial charge is 0.497 e. The summed E-state index contributed by atoms with van der Waals surface area (Å²) in [5, 5.41) is 0. The van der Waals surface area contributed by atoms with Gasteiger partial charge in [-0.3, -0.25) is 0 Å². The molecular weight excluding hydrogens is 412 g/mol. The van der Waals surface area contributed by atoms with Crippen molar-refractivity contribution < 1.29 is 27.5 Å². The maximum atomic E-state index is 11.8. The SMILES string of the molecule is CCO[Si](CCCCCCCCOC(=O)/C=C/c1cccc(OC)c1)(OCC)OCC. The van der Waals surface area contributed by atoms with Crippen LogP contribution in [-0.4, -0.2) is 48.3 Å². The van der Waals surface area contributed by atoms with Gasteiger partial charge in [0, 0.05) is 31.9 Å². The van der Waals surface area contributed by atoms with Crippen LogP contribution in [0, 0.1) is 0 Å². The number of carbonyl (C=O) groups excluding carboxylic acids is 1. The largest absolute Gasteiger partial charge is 0.500 e. The fourth-order valence-corrected chi connectivity index (χ4v) is 5.97. The Hall–Kier alpha value is -1.67. The Balaban J connectivity index is 2.13. The van der Waals surface area contributed by atoms with Gasteiger partial charge in [0.15, 0.2) is 0 Å². The van der Waals surface area contributed by atoms with Crippen molar-refractivity contribution in [1.29, 1.82) is 0 Å². The highest BCUT2D eigenvalue weighted by Gasteiger charge is 2.39. The summed E-state index contributed by atoms with van der Waals surface area (Å²) in [5.41, 5.74) is 0.904. The molecule has 7 heteroatoms. The van der Waals surface area contributed by atoms with Crippen LogP contribution in [-0.2, 0) is 22.8 Å². The van der Waals surface area contributed by atoms with Gasteiger partial charge in [-0.05, 0) is 57.4 Å². The van der Waals surface area contributed by atoms with Crippen LogP contribution in [0.2, 0.25) is 6.04 Å². The molecule has 1 rings (SSSR count). The molecule has 0 N–H and O–H groups in total. The van der Waals surface area contributed by atoms with Crippen molar-refractivity contribution in [2.75, 3.05) is 33.5 Å². The minimum Gasteiger partial charge on any atom is -0.497 e. The molecule has 0 unspecified atom stereocenters. The van der Waals surface area contributed by atoms with Crippen LogP contribution in [0.4, 0.5) is 0 Å². The Kier molecular flexibility index (Phi) is 15.0. The molecule has 1 aromatic carbocycles. The van der Waals surface area contributed by atoms with E-state index in [1.54, 1.807) is 13.2 Å². The lowest BCUT2D eigenvalue weighted by Gasteiger charge is -2.28. The fraction of sp³-hybridized carbons (Fsp3) is 0.625. The summed E-state index contributed by atoms with van der Waals surface area (Å²) < 4.78 is 28.1. The molecule has 0 saturated heterocycles. The van der Waals surface area contributed by atoms with E-state index < -0.39 is 8.80 Å². The molecule has 0 amide bonds. The molecule has 0 heterocycles. The van der Waals surface area contributed by atoms with Crippen molar-refractivity contribution in [3.8, 4) is 5.75 Å². The number of unbranched alkanes of at least 4 members (excludes halogenated alkanes) is 5. The quantitative estimate of drug-likeness (QED) is 0.124. The third-order valence-corrected chi connectivity index (χ3v) is 7.87. The number of rotatable bonds is 18. The summed E-state index contributed by atoms with van der Waals surface area (Å²) in [6.07, 6.45) is 9.59. The molecule has 0 aliphatic rings. The number of ether oxygens (including phenoxy) is 2. The monoisotopic (exact) mass is 452 g/mol. The van der Waals surface area contributed by atoms with E-state index >= 15 is 0 Å². The zero-order valence-corrected chi connectivity index (χ0v) is 20.7. The Morgan fingerprint density at radius 3 is 2.13 bits per heavy atom. The molecule has 0 atom stereocenters. The Labute approximate surface area is 189 Å². The summed E-state index contributed by atoms with van der Waals surface area (Å²) in [6.45, 7) is 8.29. The lowest BCUT2D eigenvalue weighted by molar-refractivity contribution is -0.137. The first-order chi connectivity index (χ1) is 15.1. The van der Waals surface area contributed by atoms with E-state index in [2.05, 4.69) is 0 Å². The number of hydrogen-bond donors (Lipinski definition) is 0. The number of methoxy groups -OCH3 is 1. The first-order valence-corrected chi connectivity index (χ1v) is 13.4. The van der Waals surface area contributed by atoms with Crippen LogP contribution < -0.4 is 4.74 Å². The van der Waals surface area contributed by atoms with E-state index in [0.29, 0.717) is 26.4 Å². The van der Waals surface area contributed by atoms with E-state index in [1.807, 2.05) is 45.0 Å². The standard InChI is InChI=1S/C24H40O6Si/c1-5-28-31(29-6-2,30-7-3)20-13-11-9-8-10-12-19-27-24(25)18-17-22-15-14-16-23(21-22)26-4/h14-18,21H,5-13,19-20H2,1-4H3/b18-17+. The van der Waals surface area contributed by atoms with Gasteiger partial charge in [-0.25, -0.2) is 4.79 Å². The molecule has 0 saturated carbocycles. The van der Waals surface area contributed by atoms with E-state index in [4.69, 9.17) is 22.8 Å². The molecule has 0 aliphatic carbocycles. The highest BCUT2D eigenvalue weighted by atomic mass is 28.4. The molecule has 31 heavy (non-hydrogen) atoms. The van der Waals surface area contributed by atoms with Crippen LogP contribution in [0.3, 0.4) is 0 Å². The summed E-state index contributed by atoms with van der Waals surface area (Å²) in [6, 6.07) is 8.41. The van der Waals surface area contributed by atoms with E-state index in [0.717, 1.165) is 55.9 Å². The van der Waals surface area contributed by atoms with E-state index in [1.165, 1.54) is 6.08 Å².